The van der Waals surface area contributed by atoms with E-state index in [-0.39, 0.29) is 11.9 Å². The number of carbonyl (C=O) groups is 1. The normalized spacial score (nSPS) is 25.5. The molecule has 24 heavy (non-hydrogen) atoms. The van der Waals surface area contributed by atoms with Crippen molar-refractivity contribution in [2.45, 2.75) is 44.6 Å². The molecule has 0 radical (unpaired) electrons. The van der Waals surface area contributed by atoms with Crippen molar-refractivity contribution in [2.24, 2.45) is 5.92 Å². The summed E-state index contributed by atoms with van der Waals surface area (Å²) in [4.78, 5) is 12.2. The second-order valence-electron chi connectivity index (χ2n) is 7.11. The first-order chi connectivity index (χ1) is 11.7. The lowest BCUT2D eigenvalue weighted by Gasteiger charge is -2.24. The van der Waals surface area contributed by atoms with E-state index in [4.69, 9.17) is 4.42 Å². The lowest BCUT2D eigenvalue weighted by atomic mass is 9.88. The molecular weight excluding hydrogens is 298 g/mol. The Morgan fingerprint density at radius 1 is 1.21 bits per heavy atom. The van der Waals surface area contributed by atoms with E-state index < -0.39 is 0 Å². The molecule has 3 unspecified atom stereocenters. The van der Waals surface area contributed by atoms with Crippen LogP contribution < -0.4 is 5.32 Å². The molecule has 3 atom stereocenters. The molecule has 0 aliphatic heterocycles. The minimum absolute atomic E-state index is 0.0443. The zero-order chi connectivity index (χ0) is 16.5. The van der Waals surface area contributed by atoms with E-state index in [9.17, 15) is 4.79 Å². The standard InChI is InChI=1S/C21H23NO2/c1-14-12-19(14)20-10-8-18(24-20)9-11-21(23)22-17-7-6-15-4-2-3-5-16(15)13-17/h2-5,8-11,14,17,19H,6-7,12-13H2,1H3,(H,22,23)/b11-9+. The summed E-state index contributed by atoms with van der Waals surface area (Å²) in [5.41, 5.74) is 2.77. The summed E-state index contributed by atoms with van der Waals surface area (Å²) in [5, 5.41) is 3.11. The Labute approximate surface area is 142 Å². The van der Waals surface area contributed by atoms with Crippen molar-refractivity contribution in [1.29, 1.82) is 0 Å². The summed E-state index contributed by atoms with van der Waals surface area (Å²) in [6, 6.07) is 12.7. The Balaban J connectivity index is 1.33. The minimum Gasteiger partial charge on any atom is -0.461 e. The predicted molar refractivity (Wildman–Crippen MR) is 94.7 cm³/mol. The summed E-state index contributed by atoms with van der Waals surface area (Å²) >= 11 is 0. The average Bonchev–Trinajstić information content (AvgIpc) is 3.14. The number of nitrogens with one attached hydrogen (secondary N) is 1. The zero-order valence-electron chi connectivity index (χ0n) is 14.0. The van der Waals surface area contributed by atoms with Crippen molar-refractivity contribution in [3.05, 3.63) is 65.1 Å². The highest BCUT2D eigenvalue weighted by Gasteiger charge is 2.36. The summed E-state index contributed by atoms with van der Waals surface area (Å²) in [5.74, 6) is 3.06. The van der Waals surface area contributed by atoms with Crippen LogP contribution in [0.25, 0.3) is 6.08 Å². The Bertz CT molecular complexity index is 774. The van der Waals surface area contributed by atoms with Gasteiger partial charge in [0.25, 0.3) is 0 Å². The molecule has 1 aromatic carbocycles. The third-order valence-corrected chi connectivity index (χ3v) is 5.21. The van der Waals surface area contributed by atoms with Crippen molar-refractivity contribution in [3.63, 3.8) is 0 Å². The van der Waals surface area contributed by atoms with Gasteiger partial charge in [0.2, 0.25) is 5.91 Å². The van der Waals surface area contributed by atoms with Crippen LogP contribution >= 0.6 is 0 Å². The van der Waals surface area contributed by atoms with Crippen molar-refractivity contribution < 1.29 is 9.21 Å². The summed E-state index contributed by atoms with van der Waals surface area (Å²) in [7, 11) is 0. The van der Waals surface area contributed by atoms with Crippen molar-refractivity contribution in [2.75, 3.05) is 0 Å². The van der Waals surface area contributed by atoms with Crippen LogP contribution in [0.1, 0.15) is 48.3 Å². The number of aryl methyl sites for hydroxylation is 1. The Morgan fingerprint density at radius 3 is 2.79 bits per heavy atom. The van der Waals surface area contributed by atoms with Gasteiger partial charge in [0.05, 0.1) is 0 Å². The average molecular weight is 321 g/mol. The maximum atomic E-state index is 12.2. The number of hydrogen-bond donors (Lipinski definition) is 1. The summed E-state index contributed by atoms with van der Waals surface area (Å²) in [6.45, 7) is 2.23. The molecule has 4 rings (SSSR count). The molecule has 3 nitrogen and oxygen atoms in total. The fraction of sp³-hybridized carbons (Fsp3) is 0.381. The smallest absolute Gasteiger partial charge is 0.244 e. The molecule has 0 saturated heterocycles. The molecule has 1 amide bonds. The molecule has 1 fully saturated rings. The first-order valence-corrected chi connectivity index (χ1v) is 8.84. The molecular formula is C21H23NO2. The van der Waals surface area contributed by atoms with Gasteiger partial charge in [0, 0.05) is 18.0 Å². The molecule has 2 aromatic rings. The van der Waals surface area contributed by atoms with Gasteiger partial charge in [-0.25, -0.2) is 0 Å². The maximum Gasteiger partial charge on any atom is 0.244 e. The lowest BCUT2D eigenvalue weighted by Crippen LogP contribution is -2.37. The van der Waals surface area contributed by atoms with Gasteiger partial charge in [-0.05, 0) is 60.9 Å². The summed E-state index contributed by atoms with van der Waals surface area (Å²) in [6.07, 6.45) is 7.51. The molecule has 0 bridgehead atoms. The number of amides is 1. The third kappa shape index (κ3) is 3.30. The van der Waals surface area contributed by atoms with E-state index in [2.05, 4.69) is 36.5 Å². The fourth-order valence-corrected chi connectivity index (χ4v) is 3.60. The van der Waals surface area contributed by atoms with Gasteiger partial charge in [0.15, 0.2) is 0 Å². The van der Waals surface area contributed by atoms with Crippen molar-refractivity contribution in [1.82, 2.24) is 5.32 Å². The van der Waals surface area contributed by atoms with Gasteiger partial charge in [-0.2, -0.15) is 0 Å². The first-order valence-electron chi connectivity index (χ1n) is 8.84. The minimum atomic E-state index is -0.0443. The Kier molecular flexibility index (Phi) is 4.01. The molecule has 0 spiro atoms. The van der Waals surface area contributed by atoms with Crippen LogP contribution in [0.4, 0.5) is 0 Å². The molecule has 2 aliphatic rings. The predicted octanol–water partition coefficient (Wildman–Crippen LogP) is 4.09. The highest BCUT2D eigenvalue weighted by molar-refractivity contribution is 5.91. The van der Waals surface area contributed by atoms with Gasteiger partial charge in [-0.3, -0.25) is 4.79 Å². The van der Waals surface area contributed by atoms with E-state index in [1.807, 2.05) is 12.1 Å². The van der Waals surface area contributed by atoms with E-state index in [1.165, 1.54) is 17.5 Å². The Hall–Kier alpha value is -2.29. The van der Waals surface area contributed by atoms with Crippen LogP contribution in [0.5, 0.6) is 0 Å². The Morgan fingerprint density at radius 2 is 2.00 bits per heavy atom. The van der Waals surface area contributed by atoms with Crippen LogP contribution in [0.2, 0.25) is 0 Å². The number of carbonyl (C=O) groups excluding carboxylic acids is 1. The number of rotatable bonds is 4. The molecule has 1 heterocycles. The van der Waals surface area contributed by atoms with Crippen molar-refractivity contribution >= 4 is 12.0 Å². The van der Waals surface area contributed by atoms with Crippen LogP contribution in [0.15, 0.2) is 46.9 Å². The van der Waals surface area contributed by atoms with Crippen LogP contribution in [0, 0.1) is 5.92 Å². The van der Waals surface area contributed by atoms with Crippen LogP contribution in [-0.4, -0.2) is 11.9 Å². The SMILES string of the molecule is CC1CC1c1ccc(/C=C/C(=O)NC2CCc3ccccc3C2)o1. The van der Waals surface area contributed by atoms with E-state index >= 15 is 0 Å². The fourth-order valence-electron chi connectivity index (χ4n) is 3.60. The van der Waals surface area contributed by atoms with Gasteiger partial charge >= 0.3 is 0 Å². The van der Waals surface area contributed by atoms with Gasteiger partial charge in [-0.15, -0.1) is 0 Å². The quantitative estimate of drug-likeness (QED) is 0.862. The van der Waals surface area contributed by atoms with E-state index in [0.717, 1.165) is 36.7 Å². The number of fused-ring (bicyclic) bond motifs is 1. The number of furan rings is 1. The maximum absolute atomic E-state index is 12.2. The largest absolute Gasteiger partial charge is 0.461 e. The van der Waals surface area contributed by atoms with E-state index in [1.54, 1.807) is 12.2 Å². The van der Waals surface area contributed by atoms with Gasteiger partial charge < -0.3 is 9.73 Å². The zero-order valence-corrected chi connectivity index (χ0v) is 14.0. The van der Waals surface area contributed by atoms with Gasteiger partial charge in [0.1, 0.15) is 11.5 Å². The second kappa shape index (κ2) is 6.31. The third-order valence-electron chi connectivity index (χ3n) is 5.21. The highest BCUT2D eigenvalue weighted by atomic mass is 16.3. The van der Waals surface area contributed by atoms with Gasteiger partial charge in [-0.1, -0.05) is 31.2 Å². The molecule has 1 saturated carbocycles. The topological polar surface area (TPSA) is 42.2 Å². The van der Waals surface area contributed by atoms with E-state index in [0.29, 0.717) is 5.92 Å². The first kappa shape index (κ1) is 15.3. The molecule has 124 valence electrons. The number of hydrogen-bond acceptors (Lipinski definition) is 2. The van der Waals surface area contributed by atoms with Crippen LogP contribution in [0.3, 0.4) is 0 Å². The molecule has 3 heteroatoms. The van der Waals surface area contributed by atoms with Crippen LogP contribution in [-0.2, 0) is 17.6 Å². The highest BCUT2D eigenvalue weighted by Crippen LogP contribution is 2.47. The molecule has 1 aromatic heterocycles. The monoisotopic (exact) mass is 321 g/mol. The number of benzene rings is 1. The summed E-state index contributed by atoms with van der Waals surface area (Å²) < 4.78 is 5.80. The molecule has 1 N–H and O–H groups in total. The van der Waals surface area contributed by atoms with Crippen molar-refractivity contribution in [3.8, 4) is 0 Å². The molecule has 2 aliphatic carbocycles. The second-order valence-corrected chi connectivity index (χ2v) is 7.11. The lowest BCUT2D eigenvalue weighted by molar-refractivity contribution is -0.117.